The van der Waals surface area contributed by atoms with Crippen molar-refractivity contribution in [2.24, 2.45) is 0 Å². The molecule has 0 bridgehead atoms. The first kappa shape index (κ1) is 17.4. The summed E-state index contributed by atoms with van der Waals surface area (Å²) in [6.45, 7) is 0.0332. The molecule has 0 aliphatic heterocycles. The van der Waals surface area contributed by atoms with Crippen LogP contribution in [-0.2, 0) is 17.8 Å². The molecular formula is C17H12Cl2FN3O2. The Morgan fingerprint density at radius 3 is 2.76 bits per heavy atom. The first-order valence-electron chi connectivity index (χ1n) is 7.31. The molecule has 0 saturated heterocycles. The molecule has 5 nitrogen and oxygen atoms in total. The lowest BCUT2D eigenvalue weighted by atomic mass is 10.1. The Balaban J connectivity index is 1.60. The smallest absolute Gasteiger partial charge is 0.246 e. The standard InChI is InChI=1S/C17H12Cl2FN3O2/c18-11-6-5-10(14(20)8-11)7-15(24)21-9-16-22-17(23-25-16)12-3-1-2-4-13(12)19/h1-6,8H,7,9H2,(H,21,24). The van der Waals surface area contributed by atoms with Crippen LogP contribution in [0.5, 0.6) is 0 Å². The molecule has 1 amide bonds. The van der Waals surface area contributed by atoms with Crippen molar-refractivity contribution in [3.63, 3.8) is 0 Å². The number of aromatic nitrogens is 2. The monoisotopic (exact) mass is 379 g/mol. The summed E-state index contributed by atoms with van der Waals surface area (Å²) in [5.74, 6) is -0.349. The number of benzene rings is 2. The second-order valence-corrected chi connectivity index (χ2v) is 6.02. The molecule has 0 radical (unpaired) electrons. The van der Waals surface area contributed by atoms with Gasteiger partial charge in [-0.2, -0.15) is 4.98 Å². The Labute approximate surface area is 152 Å². The van der Waals surface area contributed by atoms with Gasteiger partial charge < -0.3 is 9.84 Å². The van der Waals surface area contributed by atoms with Crippen molar-refractivity contribution in [1.29, 1.82) is 0 Å². The lowest BCUT2D eigenvalue weighted by Crippen LogP contribution is -2.25. The van der Waals surface area contributed by atoms with Gasteiger partial charge in [0, 0.05) is 10.6 Å². The zero-order valence-corrected chi connectivity index (χ0v) is 14.3. The number of nitrogens with zero attached hydrogens (tertiary/aromatic N) is 2. The molecule has 0 atom stereocenters. The van der Waals surface area contributed by atoms with Crippen molar-refractivity contribution in [1.82, 2.24) is 15.5 Å². The van der Waals surface area contributed by atoms with E-state index in [1.807, 2.05) is 0 Å². The molecule has 0 unspecified atom stereocenters. The summed E-state index contributed by atoms with van der Waals surface area (Å²) in [5, 5.41) is 7.21. The highest BCUT2D eigenvalue weighted by atomic mass is 35.5. The Hall–Kier alpha value is -2.44. The number of amides is 1. The van der Waals surface area contributed by atoms with E-state index >= 15 is 0 Å². The van der Waals surface area contributed by atoms with Crippen LogP contribution in [0.3, 0.4) is 0 Å². The molecule has 0 saturated carbocycles. The second-order valence-electron chi connectivity index (χ2n) is 5.18. The number of hydrogen-bond donors (Lipinski definition) is 1. The van der Waals surface area contributed by atoms with E-state index in [0.717, 1.165) is 6.07 Å². The Bertz CT molecular complexity index is 914. The highest BCUT2D eigenvalue weighted by Gasteiger charge is 2.13. The second kappa shape index (κ2) is 7.63. The maximum absolute atomic E-state index is 13.7. The fourth-order valence-corrected chi connectivity index (χ4v) is 2.53. The lowest BCUT2D eigenvalue weighted by Gasteiger charge is -2.04. The first-order valence-corrected chi connectivity index (χ1v) is 8.06. The summed E-state index contributed by atoms with van der Waals surface area (Å²) in [6.07, 6.45) is -0.117. The zero-order valence-electron chi connectivity index (χ0n) is 12.8. The quantitative estimate of drug-likeness (QED) is 0.726. The molecule has 0 aliphatic carbocycles. The predicted octanol–water partition coefficient (Wildman–Crippen LogP) is 4.04. The van der Waals surface area contributed by atoms with Gasteiger partial charge >= 0.3 is 0 Å². The molecule has 2 aromatic carbocycles. The number of rotatable bonds is 5. The fourth-order valence-electron chi connectivity index (χ4n) is 2.15. The van der Waals surface area contributed by atoms with Crippen molar-refractivity contribution in [3.8, 4) is 11.4 Å². The Kier molecular flexibility index (Phi) is 5.31. The summed E-state index contributed by atoms with van der Waals surface area (Å²) >= 11 is 11.8. The lowest BCUT2D eigenvalue weighted by molar-refractivity contribution is -0.120. The van der Waals surface area contributed by atoms with Gasteiger partial charge in [0.2, 0.25) is 17.6 Å². The highest BCUT2D eigenvalue weighted by molar-refractivity contribution is 6.33. The van der Waals surface area contributed by atoms with E-state index in [0.29, 0.717) is 16.4 Å². The SMILES string of the molecule is O=C(Cc1ccc(Cl)cc1F)NCc1nc(-c2ccccc2Cl)no1. The van der Waals surface area contributed by atoms with Crippen molar-refractivity contribution >= 4 is 29.1 Å². The molecule has 3 rings (SSSR count). The van der Waals surface area contributed by atoms with Crippen LogP contribution in [0.15, 0.2) is 47.0 Å². The van der Waals surface area contributed by atoms with Gasteiger partial charge in [0.05, 0.1) is 18.0 Å². The molecule has 1 heterocycles. The van der Waals surface area contributed by atoms with Crippen LogP contribution >= 0.6 is 23.2 Å². The van der Waals surface area contributed by atoms with Gasteiger partial charge in [-0.1, -0.05) is 46.6 Å². The van der Waals surface area contributed by atoms with E-state index in [4.69, 9.17) is 27.7 Å². The van der Waals surface area contributed by atoms with Gasteiger partial charge in [0.15, 0.2) is 0 Å². The molecular weight excluding hydrogens is 368 g/mol. The molecule has 1 aromatic heterocycles. The summed E-state index contributed by atoms with van der Waals surface area (Å²) in [5.41, 5.74) is 0.887. The largest absolute Gasteiger partial charge is 0.347 e. The van der Waals surface area contributed by atoms with Crippen LogP contribution < -0.4 is 5.32 Å². The molecule has 8 heteroatoms. The molecule has 0 fully saturated rings. The number of nitrogens with one attached hydrogen (secondary N) is 1. The van der Waals surface area contributed by atoms with Crippen LogP contribution in [0.1, 0.15) is 11.5 Å². The van der Waals surface area contributed by atoms with Crippen molar-refractivity contribution in [3.05, 3.63) is 69.8 Å². The minimum atomic E-state index is -0.526. The van der Waals surface area contributed by atoms with Crippen LogP contribution in [-0.4, -0.2) is 16.0 Å². The minimum absolute atomic E-state index is 0.0332. The van der Waals surface area contributed by atoms with Gasteiger partial charge in [-0.05, 0) is 29.8 Å². The molecule has 25 heavy (non-hydrogen) atoms. The zero-order chi connectivity index (χ0) is 17.8. The van der Waals surface area contributed by atoms with E-state index in [1.165, 1.54) is 12.1 Å². The third-order valence-corrected chi connectivity index (χ3v) is 3.95. The molecule has 3 aromatic rings. The van der Waals surface area contributed by atoms with Gasteiger partial charge in [-0.3, -0.25) is 4.79 Å². The average Bonchev–Trinajstić information content (AvgIpc) is 3.05. The van der Waals surface area contributed by atoms with Gasteiger partial charge in [0.1, 0.15) is 5.82 Å². The first-order chi connectivity index (χ1) is 12.0. The van der Waals surface area contributed by atoms with Gasteiger partial charge in [-0.15, -0.1) is 0 Å². The van der Waals surface area contributed by atoms with Crippen molar-refractivity contribution in [2.45, 2.75) is 13.0 Å². The Morgan fingerprint density at radius 1 is 1.20 bits per heavy atom. The predicted molar refractivity (Wildman–Crippen MR) is 91.7 cm³/mol. The molecule has 128 valence electrons. The van der Waals surface area contributed by atoms with E-state index in [2.05, 4.69) is 15.5 Å². The molecule has 0 spiro atoms. The minimum Gasteiger partial charge on any atom is -0.347 e. The maximum atomic E-state index is 13.7. The van der Waals surface area contributed by atoms with E-state index in [1.54, 1.807) is 24.3 Å². The van der Waals surface area contributed by atoms with Crippen molar-refractivity contribution < 1.29 is 13.7 Å². The van der Waals surface area contributed by atoms with Crippen LogP contribution in [0.4, 0.5) is 4.39 Å². The summed E-state index contributed by atoms with van der Waals surface area (Å²) in [7, 11) is 0. The van der Waals surface area contributed by atoms with Crippen molar-refractivity contribution in [2.75, 3.05) is 0 Å². The maximum Gasteiger partial charge on any atom is 0.246 e. The fraction of sp³-hybridized carbons (Fsp3) is 0.118. The topological polar surface area (TPSA) is 68.0 Å². The highest BCUT2D eigenvalue weighted by Crippen LogP contribution is 2.24. The third kappa shape index (κ3) is 4.35. The molecule has 0 aliphatic rings. The number of carbonyl (C=O) groups excluding carboxylic acids is 1. The third-order valence-electron chi connectivity index (χ3n) is 3.39. The molecule has 1 N–H and O–H groups in total. The van der Waals surface area contributed by atoms with Crippen LogP contribution in [0.2, 0.25) is 10.0 Å². The Morgan fingerprint density at radius 2 is 2.00 bits per heavy atom. The number of carbonyl (C=O) groups is 1. The van der Waals surface area contributed by atoms with Gasteiger partial charge in [0.25, 0.3) is 0 Å². The van der Waals surface area contributed by atoms with Crippen LogP contribution in [0, 0.1) is 5.82 Å². The summed E-state index contributed by atoms with van der Waals surface area (Å²) < 4.78 is 18.8. The normalized spacial score (nSPS) is 10.7. The summed E-state index contributed by atoms with van der Waals surface area (Å²) in [4.78, 5) is 16.1. The van der Waals surface area contributed by atoms with Crippen LogP contribution in [0.25, 0.3) is 11.4 Å². The van der Waals surface area contributed by atoms with E-state index in [-0.39, 0.29) is 35.3 Å². The average molecular weight is 380 g/mol. The number of halogens is 3. The van der Waals surface area contributed by atoms with Gasteiger partial charge in [-0.25, -0.2) is 4.39 Å². The summed E-state index contributed by atoms with van der Waals surface area (Å²) in [6, 6.07) is 11.2. The van der Waals surface area contributed by atoms with E-state index in [9.17, 15) is 9.18 Å². The van der Waals surface area contributed by atoms with E-state index < -0.39 is 5.82 Å². The number of hydrogen-bond acceptors (Lipinski definition) is 4.